The molecule has 0 saturated heterocycles. The molecular weight excluding hydrogens is 650 g/mol. The van der Waals surface area contributed by atoms with Crippen molar-refractivity contribution in [1.82, 2.24) is 14.8 Å². The van der Waals surface area contributed by atoms with Crippen LogP contribution < -0.4 is 10.9 Å². The average molecular weight is 694 g/mol. The van der Waals surface area contributed by atoms with E-state index in [4.69, 9.17) is 16.3 Å². The third-order valence-corrected chi connectivity index (χ3v) is 8.30. The first-order valence-corrected chi connectivity index (χ1v) is 16.2. The molecule has 0 bridgehead atoms. The number of aryl methyl sites for hydroxylation is 3. The minimum atomic E-state index is -4.78. The number of hydrogen-bond donors (Lipinski definition) is 1. The molecule has 1 heterocycles. The van der Waals surface area contributed by atoms with Gasteiger partial charge in [0.25, 0.3) is 5.56 Å². The van der Waals surface area contributed by atoms with Crippen LogP contribution in [0.25, 0.3) is 11.1 Å². The summed E-state index contributed by atoms with van der Waals surface area (Å²) in [5, 5.41) is 2.50. The molecule has 2 aromatic carbocycles. The van der Waals surface area contributed by atoms with E-state index in [9.17, 15) is 27.6 Å². The quantitative estimate of drug-likeness (QED) is 0.146. The number of alkyl halides is 3. The number of carbonyl (C=O) groups excluding carboxylic acids is 2. The summed E-state index contributed by atoms with van der Waals surface area (Å²) < 4.78 is 63.9. The van der Waals surface area contributed by atoms with Crippen molar-refractivity contribution in [2.45, 2.75) is 79.1 Å². The average Bonchev–Trinajstić information content (AvgIpc) is 2.95. The van der Waals surface area contributed by atoms with Gasteiger partial charge >= 0.3 is 12.1 Å². The maximum absolute atomic E-state index is 15.9. The molecule has 48 heavy (non-hydrogen) atoms. The summed E-state index contributed by atoms with van der Waals surface area (Å²) in [6.07, 6.45) is -4.12. The van der Waals surface area contributed by atoms with Gasteiger partial charge in [0.1, 0.15) is 11.9 Å². The molecule has 0 saturated carbocycles. The van der Waals surface area contributed by atoms with Gasteiger partial charge < -0.3 is 19.5 Å². The van der Waals surface area contributed by atoms with Crippen molar-refractivity contribution in [3.05, 3.63) is 91.1 Å². The Hall–Kier alpha value is -3.70. The summed E-state index contributed by atoms with van der Waals surface area (Å²) in [6, 6.07) is 4.91. The summed E-state index contributed by atoms with van der Waals surface area (Å²) in [7, 11) is 3.42. The van der Waals surface area contributed by atoms with Gasteiger partial charge in [-0.2, -0.15) is 13.2 Å². The Balaban J connectivity index is 2.18. The number of amides is 1. The van der Waals surface area contributed by atoms with E-state index in [1.54, 1.807) is 39.8 Å². The molecule has 1 N–H and O–H groups in total. The number of halogens is 5. The first-order valence-electron chi connectivity index (χ1n) is 15.8. The SMILES string of the molecule is CCOC(=O)C[C@H](NC(=O)C(CC(C)C)n1cc(CCN(C)C)c(C(F)(F)F)cc1=O)c1cc(-c2c(C)cc(C)cc2C)cc(Cl)c1F. The number of hydrogen-bond acceptors (Lipinski definition) is 5. The Morgan fingerprint density at radius 2 is 1.67 bits per heavy atom. The van der Waals surface area contributed by atoms with E-state index in [0.29, 0.717) is 11.6 Å². The van der Waals surface area contributed by atoms with Gasteiger partial charge in [0.05, 0.1) is 29.7 Å². The van der Waals surface area contributed by atoms with Gasteiger partial charge in [-0.05, 0) is 100 Å². The molecule has 1 amide bonds. The number of rotatable bonds is 13. The fourth-order valence-electron chi connectivity index (χ4n) is 5.97. The van der Waals surface area contributed by atoms with Gasteiger partial charge in [-0.15, -0.1) is 0 Å². The molecule has 3 aromatic rings. The van der Waals surface area contributed by atoms with E-state index in [2.05, 4.69) is 5.32 Å². The molecule has 0 fully saturated rings. The molecule has 12 heteroatoms. The second kappa shape index (κ2) is 16.1. The van der Waals surface area contributed by atoms with Crippen LogP contribution in [0.1, 0.15) is 79.1 Å². The van der Waals surface area contributed by atoms with Crippen LogP contribution in [0.3, 0.4) is 0 Å². The minimum Gasteiger partial charge on any atom is -0.466 e. The maximum atomic E-state index is 15.9. The molecular formula is C36H44ClF4N3O4. The highest BCUT2D eigenvalue weighted by molar-refractivity contribution is 6.31. The van der Waals surface area contributed by atoms with Crippen molar-refractivity contribution in [2.24, 2.45) is 5.92 Å². The highest BCUT2D eigenvalue weighted by atomic mass is 35.5. The van der Waals surface area contributed by atoms with Crippen LogP contribution in [-0.2, 0) is 26.9 Å². The molecule has 1 unspecified atom stereocenters. The molecule has 0 spiro atoms. The smallest absolute Gasteiger partial charge is 0.416 e. The predicted octanol–water partition coefficient (Wildman–Crippen LogP) is 7.75. The summed E-state index contributed by atoms with van der Waals surface area (Å²) in [6.45, 7) is 11.3. The third-order valence-electron chi connectivity index (χ3n) is 8.02. The molecule has 1 aromatic heterocycles. The van der Waals surface area contributed by atoms with E-state index in [0.717, 1.165) is 33.0 Å². The van der Waals surface area contributed by atoms with Gasteiger partial charge in [0, 0.05) is 24.4 Å². The standard InChI is InChI=1S/C36H44ClF4N3O4/c1-9-48-32(46)18-29(26-15-25(16-28(37)34(26)38)33-22(5)13-21(4)14-23(33)6)42-35(47)30(12-20(2)3)44-19-24(10-11-43(7)8)27(17-31(44)45)36(39,40)41/h13-17,19-20,29-30H,9-12,18H2,1-8H3,(H,42,47)/t29-,30?/m0/s1. The van der Waals surface area contributed by atoms with E-state index in [-0.39, 0.29) is 48.1 Å². The van der Waals surface area contributed by atoms with Crippen LogP contribution in [0.15, 0.2) is 41.3 Å². The predicted molar refractivity (Wildman–Crippen MR) is 180 cm³/mol. The molecule has 0 aliphatic heterocycles. The number of pyridine rings is 1. The summed E-state index contributed by atoms with van der Waals surface area (Å²) in [5.74, 6) is -2.52. The number of benzene rings is 2. The van der Waals surface area contributed by atoms with Crippen molar-refractivity contribution in [3.63, 3.8) is 0 Å². The first-order chi connectivity index (χ1) is 22.3. The number of ether oxygens (including phenoxy) is 1. The number of esters is 1. The third kappa shape index (κ3) is 9.69. The number of carbonyl (C=O) groups is 2. The lowest BCUT2D eigenvalue weighted by molar-refractivity contribution is -0.144. The normalized spacial score (nSPS) is 13.1. The lowest BCUT2D eigenvalue weighted by atomic mass is 9.91. The van der Waals surface area contributed by atoms with E-state index in [1.165, 1.54) is 12.1 Å². The molecule has 7 nitrogen and oxygen atoms in total. The topological polar surface area (TPSA) is 80.6 Å². The molecule has 0 aliphatic carbocycles. The van der Waals surface area contributed by atoms with Crippen LogP contribution in [0, 0.1) is 32.5 Å². The zero-order valence-electron chi connectivity index (χ0n) is 28.6. The van der Waals surface area contributed by atoms with Crippen LogP contribution >= 0.6 is 11.6 Å². The summed E-state index contributed by atoms with van der Waals surface area (Å²) in [4.78, 5) is 41.8. The van der Waals surface area contributed by atoms with Gasteiger partial charge in [-0.3, -0.25) is 14.4 Å². The fraction of sp³-hybridized carbons (Fsp3) is 0.472. The summed E-state index contributed by atoms with van der Waals surface area (Å²) in [5.41, 5.74) is 1.94. The Kier molecular flexibility index (Phi) is 13.0. The number of nitrogens with zero attached hydrogens (tertiary/aromatic N) is 2. The fourth-order valence-corrected chi connectivity index (χ4v) is 6.20. The van der Waals surface area contributed by atoms with Gasteiger partial charge in [-0.1, -0.05) is 43.1 Å². The van der Waals surface area contributed by atoms with Crippen molar-refractivity contribution in [1.29, 1.82) is 0 Å². The van der Waals surface area contributed by atoms with Crippen molar-refractivity contribution < 1.29 is 31.9 Å². The molecule has 0 radical (unpaired) electrons. The highest BCUT2D eigenvalue weighted by Gasteiger charge is 2.36. The Morgan fingerprint density at radius 3 is 2.21 bits per heavy atom. The maximum Gasteiger partial charge on any atom is 0.416 e. The number of nitrogens with one attached hydrogen (secondary N) is 1. The summed E-state index contributed by atoms with van der Waals surface area (Å²) >= 11 is 6.41. The molecule has 3 rings (SSSR count). The largest absolute Gasteiger partial charge is 0.466 e. The molecule has 262 valence electrons. The minimum absolute atomic E-state index is 0.0298. The van der Waals surface area contributed by atoms with E-state index >= 15 is 4.39 Å². The zero-order chi connectivity index (χ0) is 36.1. The second-order valence-corrected chi connectivity index (χ2v) is 13.3. The van der Waals surface area contributed by atoms with Gasteiger partial charge in [0.15, 0.2) is 0 Å². The van der Waals surface area contributed by atoms with Crippen molar-refractivity contribution >= 4 is 23.5 Å². The van der Waals surface area contributed by atoms with Crippen LogP contribution in [-0.4, -0.2) is 48.6 Å². The number of aromatic nitrogens is 1. The van der Waals surface area contributed by atoms with E-state index < -0.39 is 53.5 Å². The lowest BCUT2D eigenvalue weighted by Crippen LogP contribution is -2.41. The van der Waals surface area contributed by atoms with Crippen LogP contribution in [0.4, 0.5) is 17.6 Å². The lowest BCUT2D eigenvalue weighted by Gasteiger charge is -2.27. The first kappa shape index (κ1) is 38.7. The highest BCUT2D eigenvalue weighted by Crippen LogP contribution is 2.36. The van der Waals surface area contributed by atoms with E-state index in [1.807, 2.05) is 32.9 Å². The van der Waals surface area contributed by atoms with Gasteiger partial charge in [0.2, 0.25) is 5.91 Å². The Morgan fingerprint density at radius 1 is 1.04 bits per heavy atom. The second-order valence-electron chi connectivity index (χ2n) is 12.9. The van der Waals surface area contributed by atoms with Crippen LogP contribution in [0.2, 0.25) is 5.02 Å². The van der Waals surface area contributed by atoms with Crippen molar-refractivity contribution in [2.75, 3.05) is 27.2 Å². The molecule has 2 atom stereocenters. The molecule has 0 aliphatic rings. The monoisotopic (exact) mass is 693 g/mol. The van der Waals surface area contributed by atoms with Crippen LogP contribution in [0.5, 0.6) is 0 Å². The van der Waals surface area contributed by atoms with Crippen molar-refractivity contribution in [3.8, 4) is 11.1 Å². The van der Waals surface area contributed by atoms with Gasteiger partial charge in [-0.25, -0.2) is 4.39 Å². The number of likely N-dealkylation sites (N-methyl/N-ethyl adjacent to an activating group) is 1. The Labute approximate surface area is 284 Å². The Bertz CT molecular complexity index is 1680. The zero-order valence-corrected chi connectivity index (χ0v) is 29.4.